The second kappa shape index (κ2) is 5.03. The second-order valence-corrected chi connectivity index (χ2v) is 5.04. The molecule has 1 rings (SSSR count). The van der Waals surface area contributed by atoms with Crippen LogP contribution in [0.3, 0.4) is 0 Å². The van der Waals surface area contributed by atoms with Crippen molar-refractivity contribution in [1.82, 2.24) is 5.32 Å². The molecule has 0 aliphatic carbocycles. The third-order valence-corrected chi connectivity index (χ3v) is 2.20. The predicted octanol–water partition coefficient (Wildman–Crippen LogP) is 2.14. The van der Waals surface area contributed by atoms with Gasteiger partial charge in [0.1, 0.15) is 0 Å². The molecule has 0 aliphatic rings. The van der Waals surface area contributed by atoms with Gasteiger partial charge in [0.25, 0.3) is 5.91 Å². The van der Waals surface area contributed by atoms with Gasteiger partial charge in [0.05, 0.1) is 0 Å². The fourth-order valence-electron chi connectivity index (χ4n) is 1.21. The molecule has 0 bridgehead atoms. The summed E-state index contributed by atoms with van der Waals surface area (Å²) in [6.45, 7) is 6.77. The zero-order valence-corrected chi connectivity index (χ0v) is 10.2. The van der Waals surface area contributed by atoms with Crippen LogP contribution >= 0.6 is 0 Å². The van der Waals surface area contributed by atoms with Crippen molar-refractivity contribution in [2.45, 2.75) is 27.2 Å². The first-order valence-corrected chi connectivity index (χ1v) is 5.41. The van der Waals surface area contributed by atoms with Crippen molar-refractivity contribution in [2.75, 3.05) is 6.54 Å². The maximum atomic E-state index is 11.6. The molecule has 0 radical (unpaired) electrons. The lowest BCUT2D eigenvalue weighted by atomic mass is 9.92. The summed E-state index contributed by atoms with van der Waals surface area (Å²) in [5.41, 5.74) is 0.142. The fraction of sp³-hybridized carbons (Fsp3) is 0.500. The summed E-state index contributed by atoms with van der Waals surface area (Å²) in [7, 11) is 0. The van der Waals surface area contributed by atoms with Crippen molar-refractivity contribution in [3.05, 3.63) is 23.7 Å². The van der Waals surface area contributed by atoms with Gasteiger partial charge in [-0.05, 0) is 24.0 Å². The van der Waals surface area contributed by atoms with Crippen LogP contribution < -0.4 is 5.32 Å². The van der Waals surface area contributed by atoms with E-state index in [9.17, 15) is 9.59 Å². The van der Waals surface area contributed by atoms with Gasteiger partial charge in [-0.3, -0.25) is 4.79 Å². The van der Waals surface area contributed by atoms with E-state index >= 15 is 0 Å². The van der Waals surface area contributed by atoms with Crippen molar-refractivity contribution in [3.8, 4) is 0 Å². The number of carboxylic acid groups (broad SMARTS) is 1. The van der Waals surface area contributed by atoms with Crippen LogP contribution in [0.1, 0.15) is 48.3 Å². The fourth-order valence-corrected chi connectivity index (χ4v) is 1.21. The molecule has 0 unspecified atom stereocenters. The van der Waals surface area contributed by atoms with E-state index in [1.165, 1.54) is 12.1 Å². The van der Waals surface area contributed by atoms with Gasteiger partial charge in [0, 0.05) is 6.54 Å². The summed E-state index contributed by atoms with van der Waals surface area (Å²) in [5, 5.41) is 11.3. The molecule has 0 aromatic carbocycles. The highest BCUT2D eigenvalue weighted by Crippen LogP contribution is 2.17. The normalized spacial score (nSPS) is 11.2. The highest BCUT2D eigenvalue weighted by atomic mass is 16.4. The van der Waals surface area contributed by atoms with Crippen molar-refractivity contribution in [1.29, 1.82) is 0 Å². The van der Waals surface area contributed by atoms with Gasteiger partial charge in [0.2, 0.25) is 5.76 Å². The molecule has 5 nitrogen and oxygen atoms in total. The third kappa shape index (κ3) is 4.30. The standard InChI is InChI=1S/C12H17NO4/c1-12(2,3)6-7-13-10(14)8-4-5-9(17-8)11(15)16/h4-5H,6-7H2,1-3H3,(H,13,14)(H,15,16). The first kappa shape index (κ1) is 13.3. The molecule has 2 N–H and O–H groups in total. The Kier molecular flexibility index (Phi) is 3.93. The number of amides is 1. The van der Waals surface area contributed by atoms with Crippen LogP contribution in [0.25, 0.3) is 0 Å². The molecule has 1 aromatic heterocycles. The van der Waals surface area contributed by atoms with E-state index in [4.69, 9.17) is 9.52 Å². The largest absolute Gasteiger partial charge is 0.475 e. The predicted molar refractivity (Wildman–Crippen MR) is 62.1 cm³/mol. The van der Waals surface area contributed by atoms with E-state index in [-0.39, 0.29) is 22.8 Å². The molecule has 0 aliphatic heterocycles. The lowest BCUT2D eigenvalue weighted by molar-refractivity contribution is 0.0659. The molecule has 1 amide bonds. The van der Waals surface area contributed by atoms with Gasteiger partial charge in [-0.25, -0.2) is 4.79 Å². The monoisotopic (exact) mass is 239 g/mol. The van der Waals surface area contributed by atoms with E-state index in [1.807, 2.05) is 0 Å². The molecule has 0 fully saturated rings. The van der Waals surface area contributed by atoms with Crippen molar-refractivity contribution in [3.63, 3.8) is 0 Å². The number of rotatable bonds is 4. The molecule has 0 saturated heterocycles. The minimum atomic E-state index is -1.18. The Morgan fingerprint density at radius 1 is 1.29 bits per heavy atom. The average Bonchev–Trinajstić information content (AvgIpc) is 2.63. The first-order chi connectivity index (χ1) is 7.79. The second-order valence-electron chi connectivity index (χ2n) is 5.04. The maximum absolute atomic E-state index is 11.6. The minimum absolute atomic E-state index is 0.0244. The van der Waals surface area contributed by atoms with Crippen LogP contribution in [-0.4, -0.2) is 23.5 Å². The summed E-state index contributed by atoms with van der Waals surface area (Å²) >= 11 is 0. The summed E-state index contributed by atoms with van der Waals surface area (Å²) in [6, 6.07) is 2.62. The van der Waals surface area contributed by atoms with Gasteiger partial charge in [-0.2, -0.15) is 0 Å². The van der Waals surface area contributed by atoms with Crippen LogP contribution in [-0.2, 0) is 0 Å². The lowest BCUT2D eigenvalue weighted by Crippen LogP contribution is -2.26. The Bertz CT molecular complexity index is 414. The minimum Gasteiger partial charge on any atom is -0.475 e. The smallest absolute Gasteiger partial charge is 0.371 e. The molecule has 1 heterocycles. The Morgan fingerprint density at radius 3 is 2.35 bits per heavy atom. The maximum Gasteiger partial charge on any atom is 0.371 e. The summed E-state index contributed by atoms with van der Waals surface area (Å²) in [4.78, 5) is 22.1. The van der Waals surface area contributed by atoms with Crippen molar-refractivity contribution < 1.29 is 19.1 Å². The summed E-state index contributed by atoms with van der Waals surface area (Å²) < 4.78 is 4.88. The molecule has 0 saturated carbocycles. The van der Waals surface area contributed by atoms with Crippen LogP contribution in [0, 0.1) is 5.41 Å². The van der Waals surface area contributed by atoms with E-state index in [0.29, 0.717) is 6.54 Å². The zero-order chi connectivity index (χ0) is 13.1. The SMILES string of the molecule is CC(C)(C)CCNC(=O)c1ccc(C(=O)O)o1. The molecule has 5 heteroatoms. The van der Waals surface area contributed by atoms with Gasteiger partial charge >= 0.3 is 5.97 Å². The van der Waals surface area contributed by atoms with Crippen LogP contribution in [0.4, 0.5) is 0 Å². The van der Waals surface area contributed by atoms with E-state index < -0.39 is 5.97 Å². The molecular formula is C12H17NO4. The topological polar surface area (TPSA) is 79.5 Å². The number of furan rings is 1. The molecule has 17 heavy (non-hydrogen) atoms. The van der Waals surface area contributed by atoms with E-state index in [2.05, 4.69) is 26.1 Å². The molecular weight excluding hydrogens is 222 g/mol. The Labute approximate surface area is 99.8 Å². The number of nitrogens with one attached hydrogen (secondary N) is 1. The van der Waals surface area contributed by atoms with Crippen molar-refractivity contribution >= 4 is 11.9 Å². The lowest BCUT2D eigenvalue weighted by Gasteiger charge is -2.17. The number of carbonyl (C=O) groups is 2. The van der Waals surface area contributed by atoms with Crippen LogP contribution in [0.15, 0.2) is 16.5 Å². The van der Waals surface area contributed by atoms with Gasteiger partial charge in [0.15, 0.2) is 5.76 Å². The first-order valence-electron chi connectivity index (χ1n) is 5.41. The molecule has 0 spiro atoms. The molecule has 1 aromatic rings. The number of hydrogen-bond donors (Lipinski definition) is 2. The van der Waals surface area contributed by atoms with Gasteiger partial charge < -0.3 is 14.8 Å². The number of carbonyl (C=O) groups excluding carboxylic acids is 1. The number of hydrogen-bond acceptors (Lipinski definition) is 3. The highest BCUT2D eigenvalue weighted by molar-refractivity contribution is 5.93. The van der Waals surface area contributed by atoms with E-state index in [1.54, 1.807) is 0 Å². The molecule has 94 valence electrons. The Hall–Kier alpha value is -1.78. The zero-order valence-electron chi connectivity index (χ0n) is 10.2. The molecule has 0 atom stereocenters. The van der Waals surface area contributed by atoms with Crippen LogP contribution in [0.5, 0.6) is 0 Å². The Balaban J connectivity index is 2.50. The average molecular weight is 239 g/mol. The van der Waals surface area contributed by atoms with Crippen LogP contribution in [0.2, 0.25) is 0 Å². The number of aromatic carboxylic acids is 1. The quantitative estimate of drug-likeness (QED) is 0.843. The highest BCUT2D eigenvalue weighted by Gasteiger charge is 2.15. The van der Waals surface area contributed by atoms with E-state index in [0.717, 1.165) is 6.42 Å². The Morgan fingerprint density at radius 2 is 1.88 bits per heavy atom. The van der Waals surface area contributed by atoms with Gasteiger partial charge in [-0.1, -0.05) is 20.8 Å². The third-order valence-electron chi connectivity index (χ3n) is 2.20. The number of carboxylic acids is 1. The summed E-state index contributed by atoms with van der Waals surface area (Å²) in [6.07, 6.45) is 0.839. The van der Waals surface area contributed by atoms with Crippen molar-refractivity contribution in [2.24, 2.45) is 5.41 Å². The van der Waals surface area contributed by atoms with Gasteiger partial charge in [-0.15, -0.1) is 0 Å². The summed E-state index contributed by atoms with van der Waals surface area (Å²) in [5.74, 6) is -1.78.